The van der Waals surface area contributed by atoms with Crippen molar-refractivity contribution in [1.29, 1.82) is 0 Å². The predicted molar refractivity (Wildman–Crippen MR) is 48.8 cm³/mol. The molecular weight excluding hydrogens is 220 g/mol. The molecule has 1 aliphatic heterocycles. The van der Waals surface area contributed by atoms with Crippen molar-refractivity contribution in [1.82, 2.24) is 0 Å². The van der Waals surface area contributed by atoms with Crippen molar-refractivity contribution in [2.24, 2.45) is 0 Å². The molecule has 1 aromatic carbocycles. The molecule has 3 heteroatoms. The molecule has 0 spiro atoms. The summed E-state index contributed by atoms with van der Waals surface area (Å²) in [5.74, 6) is 0. The Hall–Kier alpha value is -0.380. The lowest BCUT2D eigenvalue weighted by Crippen LogP contribution is -1.98. The molecule has 1 aliphatic rings. The Morgan fingerprint density at radius 1 is 1.17 bits per heavy atom. The summed E-state index contributed by atoms with van der Waals surface area (Å²) >= 11 is 3.45. The van der Waals surface area contributed by atoms with Crippen LogP contribution in [-0.4, -0.2) is 13.2 Å². The lowest BCUT2D eigenvalue weighted by molar-refractivity contribution is -0.0446. The molecule has 0 saturated carbocycles. The normalized spacial score (nSPS) is 18.4. The zero-order valence-corrected chi connectivity index (χ0v) is 8.08. The van der Waals surface area contributed by atoms with E-state index in [1.54, 1.807) is 0 Å². The molecule has 1 saturated heterocycles. The van der Waals surface area contributed by atoms with E-state index < -0.39 is 0 Å². The summed E-state index contributed by atoms with van der Waals surface area (Å²) < 4.78 is 11.8. The van der Waals surface area contributed by atoms with E-state index in [9.17, 15) is 0 Å². The van der Waals surface area contributed by atoms with Crippen LogP contribution in [0.25, 0.3) is 0 Å². The Bertz CT molecular complexity index is 269. The van der Waals surface area contributed by atoms with Crippen molar-refractivity contribution in [3.8, 4) is 0 Å². The monoisotopic (exact) mass is 228 g/mol. The Balaban J connectivity index is 2.26. The molecule has 0 aromatic heterocycles. The molecule has 2 rings (SSSR count). The average Bonchev–Trinajstić information content (AvgIpc) is 2.57. The van der Waals surface area contributed by atoms with Gasteiger partial charge in [0.2, 0.25) is 0 Å². The van der Waals surface area contributed by atoms with E-state index in [1.165, 1.54) is 0 Å². The molecule has 0 bridgehead atoms. The van der Waals surface area contributed by atoms with Crippen LogP contribution in [0.4, 0.5) is 0 Å². The fourth-order valence-corrected chi connectivity index (χ4v) is 1.68. The highest BCUT2D eigenvalue weighted by Gasteiger charge is 2.19. The van der Waals surface area contributed by atoms with Crippen molar-refractivity contribution in [2.45, 2.75) is 6.29 Å². The zero-order valence-electron chi connectivity index (χ0n) is 6.50. The van der Waals surface area contributed by atoms with Crippen molar-refractivity contribution >= 4 is 15.9 Å². The van der Waals surface area contributed by atoms with Gasteiger partial charge in [0.15, 0.2) is 6.29 Å². The van der Waals surface area contributed by atoms with Gasteiger partial charge in [0.25, 0.3) is 0 Å². The number of halogens is 1. The summed E-state index contributed by atoms with van der Waals surface area (Å²) in [7, 11) is 0. The molecule has 2 nitrogen and oxygen atoms in total. The Morgan fingerprint density at radius 2 is 1.83 bits per heavy atom. The van der Waals surface area contributed by atoms with E-state index in [-0.39, 0.29) is 6.29 Å². The van der Waals surface area contributed by atoms with Gasteiger partial charge in [-0.15, -0.1) is 0 Å². The number of hydrogen-bond donors (Lipinski definition) is 0. The van der Waals surface area contributed by atoms with E-state index in [4.69, 9.17) is 9.47 Å². The zero-order chi connectivity index (χ0) is 8.39. The van der Waals surface area contributed by atoms with Crippen molar-refractivity contribution < 1.29 is 9.47 Å². The van der Waals surface area contributed by atoms with Crippen molar-refractivity contribution in [3.05, 3.63) is 34.3 Å². The highest BCUT2D eigenvalue weighted by atomic mass is 79.9. The van der Waals surface area contributed by atoms with Gasteiger partial charge in [0.05, 0.1) is 13.2 Å². The quantitative estimate of drug-likeness (QED) is 0.736. The average molecular weight is 229 g/mol. The Kier molecular flexibility index (Phi) is 2.44. The second-order valence-electron chi connectivity index (χ2n) is 2.60. The van der Waals surface area contributed by atoms with Crippen LogP contribution >= 0.6 is 15.9 Å². The molecule has 0 radical (unpaired) electrons. The fraction of sp³-hybridized carbons (Fsp3) is 0.333. The third-order valence-electron chi connectivity index (χ3n) is 1.78. The van der Waals surface area contributed by atoms with Crippen LogP contribution in [0, 0.1) is 0 Å². The number of ether oxygens (including phenoxy) is 2. The molecule has 0 atom stereocenters. The molecule has 0 amide bonds. The maximum absolute atomic E-state index is 5.37. The first-order chi connectivity index (χ1) is 5.88. The summed E-state index contributed by atoms with van der Waals surface area (Å²) in [6, 6.07) is 7.94. The van der Waals surface area contributed by atoms with Crippen LogP contribution in [0.1, 0.15) is 11.9 Å². The molecule has 64 valence electrons. The van der Waals surface area contributed by atoms with E-state index in [1.807, 2.05) is 24.3 Å². The smallest absolute Gasteiger partial charge is 0.185 e. The van der Waals surface area contributed by atoms with Gasteiger partial charge in [-0.25, -0.2) is 0 Å². The standard InChI is InChI=1S/C9H9BrO2/c10-8-4-2-1-3-7(8)9-11-5-6-12-9/h1-4,9H,5-6H2. The largest absolute Gasteiger partial charge is 0.346 e. The molecule has 1 heterocycles. The third-order valence-corrected chi connectivity index (χ3v) is 2.50. The van der Waals surface area contributed by atoms with E-state index in [0.717, 1.165) is 10.0 Å². The van der Waals surface area contributed by atoms with E-state index >= 15 is 0 Å². The van der Waals surface area contributed by atoms with Crippen LogP contribution in [0.2, 0.25) is 0 Å². The van der Waals surface area contributed by atoms with Gasteiger partial charge in [0, 0.05) is 10.0 Å². The van der Waals surface area contributed by atoms with Crippen LogP contribution in [0.5, 0.6) is 0 Å². The minimum atomic E-state index is -0.180. The number of rotatable bonds is 1. The van der Waals surface area contributed by atoms with E-state index in [0.29, 0.717) is 13.2 Å². The summed E-state index contributed by atoms with van der Waals surface area (Å²) in [4.78, 5) is 0. The van der Waals surface area contributed by atoms with Crippen LogP contribution < -0.4 is 0 Å². The Morgan fingerprint density at radius 3 is 2.50 bits per heavy atom. The first kappa shape index (κ1) is 8.23. The predicted octanol–water partition coefficient (Wildman–Crippen LogP) is 2.49. The van der Waals surface area contributed by atoms with Gasteiger partial charge in [-0.2, -0.15) is 0 Å². The van der Waals surface area contributed by atoms with E-state index in [2.05, 4.69) is 15.9 Å². The summed E-state index contributed by atoms with van der Waals surface area (Å²) in [5.41, 5.74) is 1.06. The second-order valence-corrected chi connectivity index (χ2v) is 3.45. The molecular formula is C9H9BrO2. The molecule has 0 unspecified atom stereocenters. The highest BCUT2D eigenvalue weighted by molar-refractivity contribution is 9.10. The lowest BCUT2D eigenvalue weighted by atomic mass is 10.2. The Labute approximate surface area is 79.6 Å². The minimum Gasteiger partial charge on any atom is -0.346 e. The van der Waals surface area contributed by atoms with Gasteiger partial charge in [-0.05, 0) is 6.07 Å². The fourth-order valence-electron chi connectivity index (χ4n) is 1.20. The number of benzene rings is 1. The van der Waals surface area contributed by atoms with Gasteiger partial charge < -0.3 is 9.47 Å². The lowest BCUT2D eigenvalue weighted by Gasteiger charge is -2.10. The molecule has 1 aromatic rings. The van der Waals surface area contributed by atoms with Gasteiger partial charge in [0.1, 0.15) is 0 Å². The van der Waals surface area contributed by atoms with Crippen LogP contribution in [0.3, 0.4) is 0 Å². The molecule has 12 heavy (non-hydrogen) atoms. The topological polar surface area (TPSA) is 18.5 Å². The summed E-state index contributed by atoms with van der Waals surface area (Å²) in [6.45, 7) is 1.37. The maximum atomic E-state index is 5.37. The van der Waals surface area contributed by atoms with Gasteiger partial charge in [-0.1, -0.05) is 34.1 Å². The molecule has 0 N–H and O–H groups in total. The van der Waals surface area contributed by atoms with Crippen LogP contribution in [-0.2, 0) is 9.47 Å². The molecule has 1 fully saturated rings. The first-order valence-electron chi connectivity index (χ1n) is 3.85. The molecule has 0 aliphatic carbocycles. The summed E-state index contributed by atoms with van der Waals surface area (Å²) in [6.07, 6.45) is -0.180. The number of hydrogen-bond acceptors (Lipinski definition) is 2. The second kappa shape index (κ2) is 3.56. The van der Waals surface area contributed by atoms with Crippen LogP contribution in [0.15, 0.2) is 28.7 Å². The van der Waals surface area contributed by atoms with Gasteiger partial charge >= 0.3 is 0 Å². The maximum Gasteiger partial charge on any atom is 0.185 e. The summed E-state index contributed by atoms with van der Waals surface area (Å²) in [5, 5.41) is 0. The SMILES string of the molecule is Brc1ccccc1C1OCCO1. The minimum absolute atomic E-state index is 0.180. The van der Waals surface area contributed by atoms with Crippen molar-refractivity contribution in [3.63, 3.8) is 0 Å². The van der Waals surface area contributed by atoms with Crippen molar-refractivity contribution in [2.75, 3.05) is 13.2 Å². The third kappa shape index (κ3) is 1.53. The first-order valence-corrected chi connectivity index (χ1v) is 4.65. The highest BCUT2D eigenvalue weighted by Crippen LogP contribution is 2.29. The van der Waals surface area contributed by atoms with Gasteiger partial charge in [-0.3, -0.25) is 0 Å².